The molecule has 2 aromatic heterocycles. The van der Waals surface area contributed by atoms with Crippen molar-refractivity contribution in [1.82, 2.24) is 14.6 Å². The highest BCUT2D eigenvalue weighted by atomic mass is 16.6. The SMILES string of the molecule is O=[N+]([O-])c1cnn2c(-c3ccccc3)c(-c3ccc(OCc4ccccc4)cc3)cnc12. The quantitative estimate of drug-likeness (QED) is 0.265. The van der Waals surface area contributed by atoms with Crippen LogP contribution in [0.2, 0.25) is 0 Å². The molecule has 0 aliphatic carbocycles. The summed E-state index contributed by atoms with van der Waals surface area (Å²) < 4.78 is 7.42. The van der Waals surface area contributed by atoms with E-state index in [2.05, 4.69) is 10.1 Å². The molecule has 2 heterocycles. The van der Waals surface area contributed by atoms with E-state index in [1.807, 2.05) is 84.9 Å². The Morgan fingerprint density at radius 3 is 2.22 bits per heavy atom. The summed E-state index contributed by atoms with van der Waals surface area (Å²) in [4.78, 5) is 15.3. The van der Waals surface area contributed by atoms with Crippen molar-refractivity contribution in [3.63, 3.8) is 0 Å². The molecule has 0 saturated heterocycles. The fourth-order valence-electron chi connectivity index (χ4n) is 3.60. The number of nitro groups is 1. The number of benzene rings is 3. The van der Waals surface area contributed by atoms with Crippen molar-refractivity contribution in [3.8, 4) is 28.1 Å². The van der Waals surface area contributed by atoms with Gasteiger partial charge in [0.1, 0.15) is 18.6 Å². The standard InChI is InChI=1S/C25H18N4O3/c30-29(31)23-16-27-28-24(20-9-5-2-6-10-20)22(15-26-25(23)28)19-11-13-21(14-12-19)32-17-18-7-3-1-4-8-18/h1-16H,17H2. The minimum absolute atomic E-state index is 0.126. The van der Waals surface area contributed by atoms with Crippen LogP contribution in [-0.4, -0.2) is 19.5 Å². The Bertz CT molecular complexity index is 1380. The summed E-state index contributed by atoms with van der Waals surface area (Å²) in [5.74, 6) is 0.752. The van der Waals surface area contributed by atoms with E-state index >= 15 is 0 Å². The van der Waals surface area contributed by atoms with Gasteiger partial charge in [0, 0.05) is 17.3 Å². The van der Waals surface area contributed by atoms with Gasteiger partial charge in [-0.1, -0.05) is 72.8 Å². The van der Waals surface area contributed by atoms with Gasteiger partial charge in [-0.3, -0.25) is 10.1 Å². The second-order valence-electron chi connectivity index (χ2n) is 7.21. The van der Waals surface area contributed by atoms with Crippen molar-refractivity contribution in [1.29, 1.82) is 0 Å². The average Bonchev–Trinajstić information content (AvgIpc) is 3.28. The maximum Gasteiger partial charge on any atom is 0.333 e. The topological polar surface area (TPSA) is 82.6 Å². The lowest BCUT2D eigenvalue weighted by molar-refractivity contribution is -0.383. The van der Waals surface area contributed by atoms with Gasteiger partial charge in [-0.15, -0.1) is 0 Å². The zero-order valence-electron chi connectivity index (χ0n) is 17.0. The maximum absolute atomic E-state index is 11.4. The number of ether oxygens (including phenoxy) is 1. The summed E-state index contributed by atoms with van der Waals surface area (Å²) >= 11 is 0. The Balaban J connectivity index is 1.54. The normalized spacial score (nSPS) is 10.9. The van der Waals surface area contributed by atoms with Gasteiger partial charge in [0.2, 0.25) is 5.65 Å². The van der Waals surface area contributed by atoms with Crippen LogP contribution in [0.5, 0.6) is 5.75 Å². The molecule has 0 aliphatic rings. The van der Waals surface area contributed by atoms with Crippen LogP contribution in [0.1, 0.15) is 5.56 Å². The molecule has 0 spiro atoms. The first-order chi connectivity index (χ1) is 15.7. The van der Waals surface area contributed by atoms with Crippen LogP contribution in [0.25, 0.3) is 28.0 Å². The number of nitrogens with zero attached hydrogens (tertiary/aromatic N) is 4. The molecule has 7 heteroatoms. The molecule has 0 bridgehead atoms. The van der Waals surface area contributed by atoms with Crippen LogP contribution < -0.4 is 4.74 Å². The third kappa shape index (κ3) is 3.67. The molecule has 0 atom stereocenters. The lowest BCUT2D eigenvalue weighted by Gasteiger charge is -2.12. The Morgan fingerprint density at radius 2 is 1.53 bits per heavy atom. The molecule has 0 saturated carbocycles. The van der Waals surface area contributed by atoms with Gasteiger partial charge >= 0.3 is 5.69 Å². The molecule has 3 aromatic carbocycles. The first kappa shape index (κ1) is 19.4. The molecule has 5 aromatic rings. The van der Waals surface area contributed by atoms with Gasteiger partial charge < -0.3 is 4.74 Å². The molecular weight excluding hydrogens is 404 g/mol. The molecule has 0 unspecified atom stereocenters. The molecule has 0 radical (unpaired) electrons. The van der Waals surface area contributed by atoms with E-state index < -0.39 is 4.92 Å². The molecular formula is C25H18N4O3. The number of hydrogen-bond acceptors (Lipinski definition) is 5. The summed E-state index contributed by atoms with van der Waals surface area (Å²) in [6, 6.07) is 27.3. The zero-order valence-corrected chi connectivity index (χ0v) is 17.0. The van der Waals surface area contributed by atoms with Crippen LogP contribution in [-0.2, 0) is 6.61 Å². The Morgan fingerprint density at radius 1 is 0.844 bits per heavy atom. The second-order valence-corrected chi connectivity index (χ2v) is 7.21. The Hall–Kier alpha value is -4.52. The minimum atomic E-state index is -0.470. The smallest absolute Gasteiger partial charge is 0.333 e. The van der Waals surface area contributed by atoms with Gasteiger partial charge in [-0.2, -0.15) is 5.10 Å². The molecule has 0 fully saturated rings. The fraction of sp³-hybridized carbons (Fsp3) is 0.0400. The average molecular weight is 422 g/mol. The van der Waals surface area contributed by atoms with Gasteiger partial charge in [-0.05, 0) is 23.3 Å². The zero-order chi connectivity index (χ0) is 21.9. The predicted molar refractivity (Wildman–Crippen MR) is 121 cm³/mol. The third-order valence-electron chi connectivity index (χ3n) is 5.17. The monoisotopic (exact) mass is 422 g/mol. The number of aromatic nitrogens is 3. The van der Waals surface area contributed by atoms with Crippen molar-refractivity contribution in [3.05, 3.63) is 113 Å². The maximum atomic E-state index is 11.4. The second kappa shape index (κ2) is 8.31. The van der Waals surface area contributed by atoms with E-state index in [0.29, 0.717) is 6.61 Å². The lowest BCUT2D eigenvalue weighted by atomic mass is 10.0. The molecule has 0 amide bonds. The molecule has 32 heavy (non-hydrogen) atoms. The number of hydrogen-bond donors (Lipinski definition) is 0. The van der Waals surface area contributed by atoms with Crippen molar-refractivity contribution in [2.24, 2.45) is 0 Å². The van der Waals surface area contributed by atoms with E-state index in [1.54, 1.807) is 6.20 Å². The van der Waals surface area contributed by atoms with Gasteiger partial charge in [0.05, 0.1) is 10.6 Å². The largest absolute Gasteiger partial charge is 0.489 e. The number of fused-ring (bicyclic) bond motifs is 1. The van der Waals surface area contributed by atoms with E-state index in [1.165, 1.54) is 10.7 Å². The van der Waals surface area contributed by atoms with E-state index in [-0.39, 0.29) is 11.3 Å². The first-order valence-corrected chi connectivity index (χ1v) is 10.0. The fourth-order valence-corrected chi connectivity index (χ4v) is 3.60. The first-order valence-electron chi connectivity index (χ1n) is 10.0. The molecule has 156 valence electrons. The van der Waals surface area contributed by atoms with E-state index in [4.69, 9.17) is 4.74 Å². The summed E-state index contributed by atoms with van der Waals surface area (Å²) in [6.45, 7) is 0.486. The highest BCUT2D eigenvalue weighted by molar-refractivity contribution is 5.83. The van der Waals surface area contributed by atoms with Gasteiger partial charge in [0.25, 0.3) is 0 Å². The Labute approximate surface area is 183 Å². The summed E-state index contributed by atoms with van der Waals surface area (Å²) in [5.41, 5.74) is 4.52. The summed E-state index contributed by atoms with van der Waals surface area (Å²) in [5, 5.41) is 15.6. The molecule has 7 nitrogen and oxygen atoms in total. The molecule has 0 N–H and O–H groups in total. The van der Waals surface area contributed by atoms with Crippen LogP contribution >= 0.6 is 0 Å². The number of rotatable bonds is 6. The van der Waals surface area contributed by atoms with E-state index in [0.717, 1.165) is 33.7 Å². The van der Waals surface area contributed by atoms with Crippen LogP contribution in [0, 0.1) is 10.1 Å². The predicted octanol–water partition coefficient (Wildman–Crippen LogP) is 5.55. The lowest BCUT2D eigenvalue weighted by Crippen LogP contribution is -2.00. The van der Waals surface area contributed by atoms with Crippen LogP contribution in [0.15, 0.2) is 97.3 Å². The highest BCUT2D eigenvalue weighted by Gasteiger charge is 2.21. The van der Waals surface area contributed by atoms with Crippen molar-refractivity contribution in [2.45, 2.75) is 6.61 Å². The Kier molecular flexibility index (Phi) is 5.05. The van der Waals surface area contributed by atoms with Crippen molar-refractivity contribution >= 4 is 11.3 Å². The van der Waals surface area contributed by atoms with Gasteiger partial charge in [0.15, 0.2) is 0 Å². The van der Waals surface area contributed by atoms with Crippen molar-refractivity contribution < 1.29 is 9.66 Å². The highest BCUT2D eigenvalue weighted by Crippen LogP contribution is 2.34. The minimum Gasteiger partial charge on any atom is -0.489 e. The molecule has 5 rings (SSSR count). The van der Waals surface area contributed by atoms with Gasteiger partial charge in [-0.25, -0.2) is 9.50 Å². The van der Waals surface area contributed by atoms with Crippen molar-refractivity contribution in [2.75, 3.05) is 0 Å². The third-order valence-corrected chi connectivity index (χ3v) is 5.17. The summed E-state index contributed by atoms with van der Waals surface area (Å²) in [7, 11) is 0. The summed E-state index contributed by atoms with van der Waals surface area (Å²) in [6.07, 6.45) is 2.89. The van der Waals surface area contributed by atoms with Crippen LogP contribution in [0.4, 0.5) is 5.69 Å². The van der Waals surface area contributed by atoms with Crippen LogP contribution in [0.3, 0.4) is 0 Å². The van der Waals surface area contributed by atoms with E-state index in [9.17, 15) is 10.1 Å². The molecule has 0 aliphatic heterocycles.